The van der Waals surface area contributed by atoms with Crippen LogP contribution in [-0.2, 0) is 9.59 Å². The molecule has 3 rings (SSSR count). The van der Waals surface area contributed by atoms with E-state index >= 15 is 0 Å². The van der Waals surface area contributed by atoms with Crippen molar-refractivity contribution in [2.45, 2.75) is 6.04 Å². The minimum Gasteiger partial charge on any atom is -0.497 e. The number of rotatable bonds is 9. The number of nitrogens with zero attached hydrogens (tertiary/aromatic N) is 1. The van der Waals surface area contributed by atoms with E-state index in [4.69, 9.17) is 9.47 Å². The molecule has 0 aliphatic heterocycles. The molecule has 0 spiro atoms. The largest absolute Gasteiger partial charge is 0.497 e. The van der Waals surface area contributed by atoms with Crippen molar-refractivity contribution in [2.24, 2.45) is 0 Å². The Morgan fingerprint density at radius 2 is 1.38 bits per heavy atom. The molecule has 32 heavy (non-hydrogen) atoms. The first-order valence-electron chi connectivity index (χ1n) is 10.1. The topological polar surface area (TPSA) is 79.9 Å². The molecule has 0 heterocycles. The molecule has 3 aromatic carbocycles. The van der Waals surface area contributed by atoms with Crippen molar-refractivity contribution in [1.29, 1.82) is 0 Å². The maximum atomic E-state index is 13.2. The smallest absolute Gasteiger partial charge is 0.246 e. The summed E-state index contributed by atoms with van der Waals surface area (Å²) in [4.78, 5) is 27.6. The molecule has 2 N–H and O–H groups in total. The van der Waals surface area contributed by atoms with E-state index in [0.717, 1.165) is 5.56 Å². The Morgan fingerprint density at radius 3 is 1.94 bits per heavy atom. The van der Waals surface area contributed by atoms with E-state index in [9.17, 15) is 9.59 Å². The summed E-state index contributed by atoms with van der Waals surface area (Å²) in [6.07, 6.45) is 0. The third kappa shape index (κ3) is 6.09. The lowest BCUT2D eigenvalue weighted by atomic mass is 10.0. The van der Waals surface area contributed by atoms with E-state index in [1.54, 1.807) is 74.7 Å². The van der Waals surface area contributed by atoms with Gasteiger partial charge < -0.3 is 20.1 Å². The number of hydrogen-bond donors (Lipinski definition) is 2. The standard InChI is InChI=1S/C25H27N3O4/c1-28(17-23(29)26-19-11-7-13-21(15-19)31-2)24(18-9-5-4-6-10-18)25(30)27-20-12-8-14-22(16-20)32-3/h4-16,24H,17H2,1-3H3,(H,26,29)(H,27,30)/t24-/m0/s1. The van der Waals surface area contributed by atoms with Crippen LogP contribution in [0.1, 0.15) is 11.6 Å². The SMILES string of the molecule is COc1cccc(NC(=O)CN(C)[C@H](C(=O)Nc2cccc(OC)c2)c2ccccc2)c1. The molecular formula is C25H27N3O4. The summed E-state index contributed by atoms with van der Waals surface area (Å²) in [7, 11) is 4.89. The van der Waals surface area contributed by atoms with Crippen LogP contribution in [-0.4, -0.2) is 44.5 Å². The minimum atomic E-state index is -0.668. The van der Waals surface area contributed by atoms with Gasteiger partial charge >= 0.3 is 0 Å². The molecule has 7 heteroatoms. The predicted molar refractivity (Wildman–Crippen MR) is 125 cm³/mol. The number of benzene rings is 3. The zero-order valence-corrected chi connectivity index (χ0v) is 18.4. The fourth-order valence-corrected chi connectivity index (χ4v) is 3.37. The van der Waals surface area contributed by atoms with Crippen molar-refractivity contribution >= 4 is 23.2 Å². The number of hydrogen-bond acceptors (Lipinski definition) is 5. The zero-order valence-electron chi connectivity index (χ0n) is 18.4. The van der Waals surface area contributed by atoms with Gasteiger partial charge in [0.2, 0.25) is 11.8 Å². The quantitative estimate of drug-likeness (QED) is 0.534. The van der Waals surface area contributed by atoms with Gasteiger partial charge in [0.15, 0.2) is 0 Å². The van der Waals surface area contributed by atoms with Gasteiger partial charge in [-0.15, -0.1) is 0 Å². The van der Waals surface area contributed by atoms with Crippen LogP contribution in [0.25, 0.3) is 0 Å². The fraction of sp³-hybridized carbons (Fsp3) is 0.200. The van der Waals surface area contributed by atoms with Crippen LogP contribution in [0, 0.1) is 0 Å². The average molecular weight is 434 g/mol. The lowest BCUT2D eigenvalue weighted by molar-refractivity contribution is -0.123. The van der Waals surface area contributed by atoms with E-state index in [-0.39, 0.29) is 18.4 Å². The molecular weight excluding hydrogens is 406 g/mol. The van der Waals surface area contributed by atoms with Crippen molar-refractivity contribution in [2.75, 3.05) is 38.4 Å². The van der Waals surface area contributed by atoms with Gasteiger partial charge in [-0.05, 0) is 36.9 Å². The number of carbonyl (C=O) groups excluding carboxylic acids is 2. The highest BCUT2D eigenvalue weighted by atomic mass is 16.5. The van der Waals surface area contributed by atoms with Crippen LogP contribution in [0.2, 0.25) is 0 Å². The number of carbonyl (C=O) groups is 2. The first kappa shape index (κ1) is 22.8. The van der Waals surface area contributed by atoms with Gasteiger partial charge in [-0.2, -0.15) is 0 Å². The number of amides is 2. The summed E-state index contributed by atoms with van der Waals surface area (Å²) in [5, 5.41) is 5.77. The number of methoxy groups -OCH3 is 2. The van der Waals surface area contributed by atoms with E-state index in [0.29, 0.717) is 22.9 Å². The molecule has 0 saturated carbocycles. The molecule has 2 amide bonds. The number of nitrogens with one attached hydrogen (secondary N) is 2. The lowest BCUT2D eigenvalue weighted by Gasteiger charge is -2.27. The maximum absolute atomic E-state index is 13.2. The molecule has 166 valence electrons. The van der Waals surface area contributed by atoms with Gasteiger partial charge in [0, 0.05) is 23.5 Å². The molecule has 0 aliphatic rings. The van der Waals surface area contributed by atoms with Crippen LogP contribution < -0.4 is 20.1 Å². The van der Waals surface area contributed by atoms with Crippen molar-refractivity contribution in [3.63, 3.8) is 0 Å². The monoisotopic (exact) mass is 433 g/mol. The van der Waals surface area contributed by atoms with Crippen molar-refractivity contribution in [3.8, 4) is 11.5 Å². The molecule has 1 atom stereocenters. The molecule has 0 aromatic heterocycles. The van der Waals surface area contributed by atoms with E-state index in [1.807, 2.05) is 30.3 Å². The second kappa shape index (κ2) is 11.0. The second-order valence-corrected chi connectivity index (χ2v) is 7.23. The first-order chi connectivity index (χ1) is 15.5. The number of ether oxygens (including phenoxy) is 2. The van der Waals surface area contributed by atoms with Gasteiger partial charge in [0.1, 0.15) is 17.5 Å². The second-order valence-electron chi connectivity index (χ2n) is 7.23. The molecule has 3 aromatic rings. The van der Waals surface area contributed by atoms with E-state index in [2.05, 4.69) is 10.6 Å². The lowest BCUT2D eigenvalue weighted by Crippen LogP contribution is -2.39. The Labute approximate surface area is 188 Å². The Bertz CT molecular complexity index is 1060. The van der Waals surface area contributed by atoms with E-state index in [1.165, 1.54) is 0 Å². The van der Waals surface area contributed by atoms with Gasteiger partial charge in [0.05, 0.1) is 20.8 Å². The van der Waals surface area contributed by atoms with Crippen LogP contribution in [0.5, 0.6) is 11.5 Å². The zero-order chi connectivity index (χ0) is 22.9. The third-order valence-corrected chi connectivity index (χ3v) is 4.89. The van der Waals surface area contributed by atoms with Gasteiger partial charge in [-0.3, -0.25) is 14.5 Å². The Hall–Kier alpha value is -3.84. The van der Waals surface area contributed by atoms with Crippen LogP contribution in [0.3, 0.4) is 0 Å². The van der Waals surface area contributed by atoms with Crippen LogP contribution in [0.15, 0.2) is 78.9 Å². The first-order valence-corrected chi connectivity index (χ1v) is 10.1. The summed E-state index contributed by atoms with van der Waals surface area (Å²) in [6, 6.07) is 22.9. The normalized spacial score (nSPS) is 11.5. The Morgan fingerprint density at radius 1 is 0.812 bits per heavy atom. The molecule has 7 nitrogen and oxygen atoms in total. The van der Waals surface area contributed by atoms with Crippen molar-refractivity contribution in [1.82, 2.24) is 4.90 Å². The maximum Gasteiger partial charge on any atom is 0.246 e. The highest BCUT2D eigenvalue weighted by Crippen LogP contribution is 2.24. The minimum absolute atomic E-state index is 0.0162. The number of anilines is 2. The van der Waals surface area contributed by atoms with Gasteiger partial charge in [0.25, 0.3) is 0 Å². The average Bonchev–Trinajstić information content (AvgIpc) is 2.80. The molecule has 0 saturated heterocycles. The van der Waals surface area contributed by atoms with E-state index < -0.39 is 6.04 Å². The molecule has 0 fully saturated rings. The van der Waals surface area contributed by atoms with Crippen molar-refractivity contribution < 1.29 is 19.1 Å². The molecule has 0 aliphatic carbocycles. The summed E-state index contributed by atoms with van der Waals surface area (Å²) in [5.74, 6) is 0.804. The highest BCUT2D eigenvalue weighted by molar-refractivity contribution is 5.97. The fourth-order valence-electron chi connectivity index (χ4n) is 3.37. The Kier molecular flexibility index (Phi) is 7.83. The molecule has 0 bridgehead atoms. The van der Waals surface area contributed by atoms with Crippen LogP contribution in [0.4, 0.5) is 11.4 Å². The Balaban J connectivity index is 1.75. The molecule has 0 unspecified atom stereocenters. The van der Waals surface area contributed by atoms with Gasteiger partial charge in [-0.25, -0.2) is 0 Å². The number of likely N-dealkylation sites (N-methyl/N-ethyl adjacent to an activating group) is 1. The highest BCUT2D eigenvalue weighted by Gasteiger charge is 2.27. The summed E-state index contributed by atoms with van der Waals surface area (Å²) in [5.41, 5.74) is 2.02. The third-order valence-electron chi connectivity index (χ3n) is 4.89. The summed E-state index contributed by atoms with van der Waals surface area (Å²) < 4.78 is 10.4. The van der Waals surface area contributed by atoms with Crippen LogP contribution >= 0.6 is 0 Å². The van der Waals surface area contributed by atoms with Gasteiger partial charge in [-0.1, -0.05) is 42.5 Å². The van der Waals surface area contributed by atoms with Crippen molar-refractivity contribution in [3.05, 3.63) is 84.4 Å². The predicted octanol–water partition coefficient (Wildman–Crippen LogP) is 3.95. The summed E-state index contributed by atoms with van der Waals surface area (Å²) in [6.45, 7) is 0.0162. The summed E-state index contributed by atoms with van der Waals surface area (Å²) >= 11 is 0. The molecule has 0 radical (unpaired) electrons.